The van der Waals surface area contributed by atoms with E-state index in [2.05, 4.69) is 4.98 Å². The monoisotopic (exact) mass is 305 g/mol. The van der Waals surface area contributed by atoms with Gasteiger partial charge >= 0.3 is 0 Å². The number of amides is 1. The Kier molecular flexibility index (Phi) is 3.82. The number of imidazole rings is 1. The van der Waals surface area contributed by atoms with Crippen LogP contribution in [0, 0.1) is 6.92 Å². The number of aromatic nitrogens is 2. The number of aliphatic hydroxyl groups excluding tert-OH is 1. The minimum absolute atomic E-state index is 0.00202. The first-order chi connectivity index (χ1) is 10.1. The maximum Gasteiger partial charge on any atom is 0.264 e. The van der Waals surface area contributed by atoms with Crippen LogP contribution in [0.25, 0.3) is 0 Å². The Morgan fingerprint density at radius 1 is 1.48 bits per heavy atom. The van der Waals surface area contributed by atoms with Crippen LogP contribution in [0.2, 0.25) is 0 Å². The van der Waals surface area contributed by atoms with Crippen LogP contribution in [0.15, 0.2) is 30.9 Å². The average molecular weight is 305 g/mol. The molecule has 0 unspecified atom stereocenters. The fourth-order valence-electron chi connectivity index (χ4n) is 3.03. The molecule has 1 saturated carbocycles. The smallest absolute Gasteiger partial charge is 0.264 e. The number of likely N-dealkylation sites (N-methyl/N-ethyl adjacent to an activating group) is 1. The standard InChI is InChI=1S/C15H19N3O2S/c1-10-3-6-13(21-10)15(20)17(2)11-4-5-12(14(11)19)18-8-7-16-9-18/h3,6-9,11-12,14,19H,4-5H2,1-2H3/t11-,12-,14-/m1/s1. The zero-order valence-electron chi connectivity index (χ0n) is 12.1. The van der Waals surface area contributed by atoms with Crippen molar-refractivity contribution in [1.29, 1.82) is 0 Å². The van der Waals surface area contributed by atoms with Gasteiger partial charge in [0, 0.05) is 24.3 Å². The summed E-state index contributed by atoms with van der Waals surface area (Å²) in [6, 6.07) is 3.66. The van der Waals surface area contributed by atoms with Crippen LogP contribution >= 0.6 is 11.3 Å². The minimum Gasteiger partial charge on any atom is -0.389 e. The van der Waals surface area contributed by atoms with E-state index in [1.54, 1.807) is 24.5 Å². The number of rotatable bonds is 3. The van der Waals surface area contributed by atoms with Crippen molar-refractivity contribution in [3.05, 3.63) is 40.6 Å². The Morgan fingerprint density at radius 2 is 2.29 bits per heavy atom. The zero-order chi connectivity index (χ0) is 15.0. The molecule has 1 amide bonds. The molecule has 0 radical (unpaired) electrons. The van der Waals surface area contributed by atoms with Gasteiger partial charge < -0.3 is 14.6 Å². The Labute approximate surface area is 127 Å². The molecule has 21 heavy (non-hydrogen) atoms. The fraction of sp³-hybridized carbons (Fsp3) is 0.467. The van der Waals surface area contributed by atoms with Gasteiger partial charge in [0.1, 0.15) is 0 Å². The molecule has 1 aliphatic carbocycles. The lowest BCUT2D eigenvalue weighted by Crippen LogP contribution is -2.43. The van der Waals surface area contributed by atoms with Crippen LogP contribution in [0.3, 0.4) is 0 Å². The molecule has 1 fully saturated rings. The van der Waals surface area contributed by atoms with E-state index in [4.69, 9.17) is 0 Å². The van der Waals surface area contributed by atoms with Crippen molar-refractivity contribution in [3.63, 3.8) is 0 Å². The lowest BCUT2D eigenvalue weighted by Gasteiger charge is -2.28. The summed E-state index contributed by atoms with van der Waals surface area (Å²) >= 11 is 1.49. The summed E-state index contributed by atoms with van der Waals surface area (Å²) in [7, 11) is 1.78. The van der Waals surface area contributed by atoms with Gasteiger partial charge in [0.25, 0.3) is 5.91 Å². The van der Waals surface area contributed by atoms with E-state index in [9.17, 15) is 9.90 Å². The van der Waals surface area contributed by atoms with Crippen molar-refractivity contribution in [2.45, 2.75) is 38.0 Å². The van der Waals surface area contributed by atoms with Gasteiger partial charge in [-0.15, -0.1) is 11.3 Å². The number of aryl methyl sites for hydroxylation is 1. The van der Waals surface area contributed by atoms with Crippen molar-refractivity contribution in [3.8, 4) is 0 Å². The second-order valence-corrected chi connectivity index (χ2v) is 6.83. The summed E-state index contributed by atoms with van der Waals surface area (Å²) in [5.74, 6) is -0.0107. The van der Waals surface area contributed by atoms with Gasteiger partial charge in [0.15, 0.2) is 0 Å². The van der Waals surface area contributed by atoms with Gasteiger partial charge in [-0.3, -0.25) is 4.79 Å². The van der Waals surface area contributed by atoms with E-state index in [0.717, 1.165) is 22.6 Å². The lowest BCUT2D eigenvalue weighted by atomic mass is 10.1. The molecule has 1 aliphatic rings. The number of carbonyl (C=O) groups excluding carboxylic acids is 1. The maximum atomic E-state index is 12.5. The number of nitrogens with zero attached hydrogens (tertiary/aromatic N) is 3. The molecule has 2 aromatic rings. The highest BCUT2D eigenvalue weighted by molar-refractivity contribution is 7.13. The van der Waals surface area contributed by atoms with E-state index in [-0.39, 0.29) is 18.0 Å². The van der Waals surface area contributed by atoms with Crippen molar-refractivity contribution >= 4 is 17.2 Å². The molecule has 112 valence electrons. The summed E-state index contributed by atoms with van der Waals surface area (Å²) in [6.45, 7) is 1.99. The fourth-order valence-corrected chi connectivity index (χ4v) is 3.88. The molecule has 0 spiro atoms. The third-order valence-corrected chi connectivity index (χ3v) is 5.21. The molecule has 6 heteroatoms. The van der Waals surface area contributed by atoms with Crippen molar-refractivity contribution < 1.29 is 9.90 Å². The molecule has 5 nitrogen and oxygen atoms in total. The number of thiophene rings is 1. The van der Waals surface area contributed by atoms with E-state index in [1.807, 2.05) is 29.8 Å². The molecular formula is C15H19N3O2S. The topological polar surface area (TPSA) is 58.4 Å². The van der Waals surface area contributed by atoms with Crippen molar-refractivity contribution in [1.82, 2.24) is 14.5 Å². The normalized spacial score (nSPS) is 25.2. The van der Waals surface area contributed by atoms with Crippen LogP contribution in [-0.4, -0.2) is 44.7 Å². The zero-order valence-corrected chi connectivity index (χ0v) is 13.0. The predicted octanol–water partition coefficient (Wildman–Crippen LogP) is 2.09. The van der Waals surface area contributed by atoms with E-state index < -0.39 is 6.10 Å². The highest BCUT2D eigenvalue weighted by Gasteiger charge is 2.39. The Morgan fingerprint density at radius 3 is 2.90 bits per heavy atom. The molecule has 0 saturated heterocycles. The Bertz CT molecular complexity index is 623. The summed E-state index contributed by atoms with van der Waals surface area (Å²) in [5, 5.41) is 10.6. The number of hydrogen-bond donors (Lipinski definition) is 1. The molecular weight excluding hydrogens is 286 g/mol. The molecule has 1 N–H and O–H groups in total. The average Bonchev–Trinajstić information content (AvgIpc) is 3.17. The molecule has 0 bridgehead atoms. The van der Waals surface area contributed by atoms with Crippen LogP contribution in [-0.2, 0) is 0 Å². The number of aliphatic hydroxyl groups is 1. The first-order valence-corrected chi connectivity index (χ1v) is 7.88. The van der Waals surface area contributed by atoms with Crippen LogP contribution in [0.1, 0.15) is 33.4 Å². The first-order valence-electron chi connectivity index (χ1n) is 7.07. The molecule has 0 aliphatic heterocycles. The van der Waals surface area contributed by atoms with Gasteiger partial charge in [0.2, 0.25) is 0 Å². The molecule has 0 aromatic carbocycles. The quantitative estimate of drug-likeness (QED) is 0.944. The highest BCUT2D eigenvalue weighted by atomic mass is 32.1. The largest absolute Gasteiger partial charge is 0.389 e. The van der Waals surface area contributed by atoms with E-state index in [0.29, 0.717) is 0 Å². The van der Waals surface area contributed by atoms with Gasteiger partial charge in [-0.2, -0.15) is 0 Å². The van der Waals surface area contributed by atoms with Crippen LogP contribution < -0.4 is 0 Å². The van der Waals surface area contributed by atoms with Gasteiger partial charge in [-0.25, -0.2) is 4.98 Å². The van der Waals surface area contributed by atoms with E-state index >= 15 is 0 Å². The predicted molar refractivity (Wildman–Crippen MR) is 81.4 cm³/mol. The summed E-state index contributed by atoms with van der Waals surface area (Å²) in [4.78, 5) is 20.1. The molecule has 2 heterocycles. The number of hydrogen-bond acceptors (Lipinski definition) is 4. The summed E-state index contributed by atoms with van der Waals surface area (Å²) in [6.07, 6.45) is 6.39. The molecule has 2 aromatic heterocycles. The lowest BCUT2D eigenvalue weighted by molar-refractivity contribution is 0.0446. The van der Waals surface area contributed by atoms with Crippen molar-refractivity contribution in [2.75, 3.05) is 7.05 Å². The SMILES string of the molecule is Cc1ccc(C(=O)N(C)[C@@H]2CC[C@@H](n3ccnc3)[C@@H]2O)s1. The first kappa shape index (κ1) is 14.3. The Balaban J connectivity index is 1.74. The second-order valence-electron chi connectivity index (χ2n) is 5.54. The molecule has 3 rings (SSSR count). The van der Waals surface area contributed by atoms with Gasteiger partial charge in [0.05, 0.1) is 29.4 Å². The number of carbonyl (C=O) groups is 1. The second kappa shape index (κ2) is 5.61. The highest BCUT2D eigenvalue weighted by Crippen LogP contribution is 2.34. The third-order valence-electron chi connectivity index (χ3n) is 4.22. The third kappa shape index (κ3) is 2.61. The van der Waals surface area contributed by atoms with E-state index in [1.165, 1.54) is 11.3 Å². The Hall–Kier alpha value is -1.66. The summed E-state index contributed by atoms with van der Waals surface area (Å²) in [5.41, 5.74) is 0. The maximum absolute atomic E-state index is 12.5. The summed E-state index contributed by atoms with van der Waals surface area (Å²) < 4.78 is 1.93. The molecule has 3 atom stereocenters. The van der Waals surface area contributed by atoms with Crippen LogP contribution in [0.5, 0.6) is 0 Å². The van der Waals surface area contributed by atoms with Crippen molar-refractivity contribution in [2.24, 2.45) is 0 Å². The van der Waals surface area contributed by atoms with Gasteiger partial charge in [-0.1, -0.05) is 0 Å². The van der Waals surface area contributed by atoms with Gasteiger partial charge in [-0.05, 0) is 31.9 Å². The minimum atomic E-state index is -0.561. The van der Waals surface area contributed by atoms with Crippen LogP contribution in [0.4, 0.5) is 0 Å².